The number of hydrogen-bond acceptors (Lipinski definition) is 6. The van der Waals surface area contributed by atoms with Crippen LogP contribution in [-0.2, 0) is 14.8 Å². The van der Waals surface area contributed by atoms with Gasteiger partial charge in [0, 0.05) is 11.4 Å². The van der Waals surface area contributed by atoms with Crippen molar-refractivity contribution in [3.05, 3.63) is 34.8 Å². The Labute approximate surface area is 158 Å². The molecular formula is C17H23N3O4S2. The highest BCUT2D eigenvalue weighted by atomic mass is 32.2. The molecule has 0 aliphatic rings. The highest BCUT2D eigenvalue weighted by Gasteiger charge is 2.26. The van der Waals surface area contributed by atoms with Crippen LogP contribution in [0.25, 0.3) is 0 Å². The Bertz CT molecular complexity index is 841. The third-order valence-corrected chi connectivity index (χ3v) is 6.61. The largest absolute Gasteiger partial charge is 0.497 e. The van der Waals surface area contributed by atoms with Gasteiger partial charge in [-0.25, -0.2) is 13.4 Å². The molecule has 1 N–H and O–H groups in total. The number of nitrogens with zero attached hydrogens (tertiary/aromatic N) is 2. The minimum atomic E-state index is -3.78. The molecule has 0 saturated carbocycles. The minimum absolute atomic E-state index is 0.125. The molecule has 2 aromatic rings. The van der Waals surface area contributed by atoms with Gasteiger partial charge in [0.25, 0.3) is 0 Å². The molecule has 1 amide bonds. The average molecular weight is 398 g/mol. The fraction of sp³-hybridized carbons (Fsp3) is 0.412. The van der Waals surface area contributed by atoms with Gasteiger partial charge in [-0.15, -0.1) is 11.3 Å². The summed E-state index contributed by atoms with van der Waals surface area (Å²) in [7, 11) is -2.27. The van der Waals surface area contributed by atoms with Gasteiger partial charge < -0.3 is 10.1 Å². The number of nitrogens with one attached hydrogen (secondary N) is 1. The lowest BCUT2D eigenvalue weighted by atomic mass is 10.3. The van der Waals surface area contributed by atoms with E-state index in [4.69, 9.17) is 4.74 Å². The summed E-state index contributed by atoms with van der Waals surface area (Å²) in [6, 6.07) is 6.11. The number of carbonyl (C=O) groups excluding carboxylic acids is 1. The molecule has 0 bridgehead atoms. The molecule has 7 nitrogen and oxygen atoms in total. The van der Waals surface area contributed by atoms with Crippen molar-refractivity contribution in [2.24, 2.45) is 0 Å². The summed E-state index contributed by atoms with van der Waals surface area (Å²) in [5.41, 5.74) is 0.849. The summed E-state index contributed by atoms with van der Waals surface area (Å²) in [4.78, 5) is 17.7. The van der Waals surface area contributed by atoms with Gasteiger partial charge >= 0.3 is 0 Å². The van der Waals surface area contributed by atoms with E-state index in [9.17, 15) is 13.2 Å². The predicted octanol–water partition coefficient (Wildman–Crippen LogP) is 2.81. The monoisotopic (exact) mass is 397 g/mol. The SMILES string of the molecule is CCCN(CC(=O)Nc1nc(C)c(C)s1)S(=O)(=O)c1ccc(OC)cc1. The standard InChI is InChI=1S/C17H23N3O4S2/c1-5-10-20(11-16(21)19-17-18-12(2)13(3)25-17)26(22,23)15-8-6-14(24-4)7-9-15/h6-9H,5,10-11H2,1-4H3,(H,18,19,21). The van der Waals surface area contributed by atoms with Crippen LogP contribution in [0.1, 0.15) is 23.9 Å². The number of aromatic nitrogens is 1. The number of thiazole rings is 1. The molecule has 0 unspecified atom stereocenters. The van der Waals surface area contributed by atoms with Gasteiger partial charge in [0.15, 0.2) is 5.13 Å². The van der Waals surface area contributed by atoms with Gasteiger partial charge in [0.1, 0.15) is 5.75 Å². The number of sulfonamides is 1. The predicted molar refractivity (Wildman–Crippen MR) is 102 cm³/mol. The molecule has 0 radical (unpaired) electrons. The van der Waals surface area contributed by atoms with Crippen molar-refractivity contribution in [3.63, 3.8) is 0 Å². The highest BCUT2D eigenvalue weighted by molar-refractivity contribution is 7.89. The van der Waals surface area contributed by atoms with E-state index in [2.05, 4.69) is 10.3 Å². The molecule has 1 aromatic heterocycles. The minimum Gasteiger partial charge on any atom is -0.497 e. The molecule has 1 aromatic carbocycles. The molecule has 1 heterocycles. The van der Waals surface area contributed by atoms with E-state index in [-0.39, 0.29) is 18.0 Å². The van der Waals surface area contributed by atoms with Gasteiger partial charge in [0.05, 0.1) is 24.2 Å². The fourth-order valence-electron chi connectivity index (χ4n) is 2.28. The van der Waals surface area contributed by atoms with Crippen LogP contribution in [0.15, 0.2) is 29.2 Å². The smallest absolute Gasteiger partial charge is 0.243 e. The number of hydrogen-bond donors (Lipinski definition) is 1. The van der Waals surface area contributed by atoms with E-state index >= 15 is 0 Å². The van der Waals surface area contributed by atoms with Crippen molar-refractivity contribution in [3.8, 4) is 5.75 Å². The first-order valence-electron chi connectivity index (χ1n) is 8.16. The van der Waals surface area contributed by atoms with E-state index in [1.54, 1.807) is 12.1 Å². The Kier molecular flexibility index (Phi) is 6.74. The van der Waals surface area contributed by atoms with E-state index in [0.29, 0.717) is 17.3 Å². The van der Waals surface area contributed by atoms with Crippen molar-refractivity contribution < 1.29 is 17.9 Å². The van der Waals surface area contributed by atoms with Crippen LogP contribution in [-0.4, -0.2) is 43.8 Å². The summed E-state index contributed by atoms with van der Waals surface area (Å²) in [5, 5.41) is 3.15. The van der Waals surface area contributed by atoms with Crippen LogP contribution in [0.4, 0.5) is 5.13 Å². The molecule has 9 heteroatoms. The zero-order valence-electron chi connectivity index (χ0n) is 15.3. The summed E-state index contributed by atoms with van der Waals surface area (Å²) in [6.07, 6.45) is 0.595. The summed E-state index contributed by atoms with van der Waals surface area (Å²) < 4.78 is 32.0. The number of amides is 1. The van der Waals surface area contributed by atoms with Crippen LogP contribution in [0.2, 0.25) is 0 Å². The number of benzene rings is 1. The Balaban J connectivity index is 2.16. The first kappa shape index (κ1) is 20.3. The highest BCUT2D eigenvalue weighted by Crippen LogP contribution is 2.22. The van der Waals surface area contributed by atoms with E-state index in [1.807, 2.05) is 20.8 Å². The number of methoxy groups -OCH3 is 1. The molecule has 0 spiro atoms. The van der Waals surface area contributed by atoms with E-state index in [0.717, 1.165) is 10.6 Å². The fourth-order valence-corrected chi connectivity index (χ4v) is 4.59. The van der Waals surface area contributed by atoms with Gasteiger partial charge in [-0.3, -0.25) is 4.79 Å². The Morgan fingerprint density at radius 1 is 1.27 bits per heavy atom. The van der Waals surface area contributed by atoms with Crippen molar-refractivity contribution in [2.75, 3.05) is 25.5 Å². The van der Waals surface area contributed by atoms with Gasteiger partial charge in [-0.05, 0) is 44.5 Å². The van der Waals surface area contributed by atoms with Gasteiger partial charge in [-0.2, -0.15) is 4.31 Å². The van der Waals surface area contributed by atoms with E-state index in [1.165, 1.54) is 34.9 Å². The number of ether oxygens (including phenoxy) is 1. The molecular weight excluding hydrogens is 374 g/mol. The Morgan fingerprint density at radius 3 is 2.42 bits per heavy atom. The summed E-state index contributed by atoms with van der Waals surface area (Å²) >= 11 is 1.37. The summed E-state index contributed by atoms with van der Waals surface area (Å²) in [6.45, 7) is 5.62. The molecule has 0 atom stereocenters. The van der Waals surface area contributed by atoms with Crippen LogP contribution in [0.3, 0.4) is 0 Å². The molecule has 0 fully saturated rings. The second-order valence-electron chi connectivity index (χ2n) is 5.72. The lowest BCUT2D eigenvalue weighted by molar-refractivity contribution is -0.116. The third-order valence-electron chi connectivity index (χ3n) is 3.77. The molecule has 0 aliphatic carbocycles. The van der Waals surface area contributed by atoms with E-state index < -0.39 is 15.9 Å². The lowest BCUT2D eigenvalue weighted by Gasteiger charge is -2.21. The molecule has 0 aliphatic heterocycles. The average Bonchev–Trinajstić information content (AvgIpc) is 2.91. The number of rotatable bonds is 8. The van der Waals surface area contributed by atoms with Crippen LogP contribution in [0, 0.1) is 13.8 Å². The third kappa shape index (κ3) is 4.80. The zero-order chi connectivity index (χ0) is 19.3. The lowest BCUT2D eigenvalue weighted by Crippen LogP contribution is -2.38. The van der Waals surface area contributed by atoms with Crippen molar-refractivity contribution in [1.82, 2.24) is 9.29 Å². The quantitative estimate of drug-likeness (QED) is 0.740. The van der Waals surface area contributed by atoms with Crippen molar-refractivity contribution >= 4 is 32.4 Å². The molecule has 26 heavy (non-hydrogen) atoms. The zero-order valence-corrected chi connectivity index (χ0v) is 16.9. The van der Waals surface area contributed by atoms with Gasteiger partial charge in [-0.1, -0.05) is 6.92 Å². The number of carbonyl (C=O) groups is 1. The second-order valence-corrected chi connectivity index (χ2v) is 8.86. The van der Waals surface area contributed by atoms with Crippen LogP contribution >= 0.6 is 11.3 Å². The molecule has 2 rings (SSSR count). The Hall–Kier alpha value is -1.97. The van der Waals surface area contributed by atoms with Crippen LogP contribution in [0.5, 0.6) is 5.75 Å². The Morgan fingerprint density at radius 2 is 1.92 bits per heavy atom. The van der Waals surface area contributed by atoms with Crippen molar-refractivity contribution in [2.45, 2.75) is 32.1 Å². The van der Waals surface area contributed by atoms with Crippen molar-refractivity contribution in [1.29, 1.82) is 0 Å². The topological polar surface area (TPSA) is 88.6 Å². The second kappa shape index (κ2) is 8.61. The van der Waals surface area contributed by atoms with Crippen LogP contribution < -0.4 is 10.1 Å². The maximum absolute atomic E-state index is 12.9. The van der Waals surface area contributed by atoms with Gasteiger partial charge in [0.2, 0.25) is 15.9 Å². The number of aryl methyl sites for hydroxylation is 2. The maximum atomic E-state index is 12.9. The number of anilines is 1. The first-order chi connectivity index (χ1) is 12.3. The molecule has 0 saturated heterocycles. The molecule has 142 valence electrons. The normalized spacial score (nSPS) is 11.6. The maximum Gasteiger partial charge on any atom is 0.243 e. The summed E-state index contributed by atoms with van der Waals surface area (Å²) in [5.74, 6) is 0.155. The first-order valence-corrected chi connectivity index (χ1v) is 10.4.